The topological polar surface area (TPSA) is 55.1 Å². The van der Waals surface area contributed by atoms with Crippen LogP contribution in [0, 0.1) is 0 Å². The molecule has 3 N–H and O–H groups in total. The number of carbonyl (C=O) groups excluding carboxylic acids is 1. The molecule has 1 rings (SSSR count). The zero-order valence-electron chi connectivity index (χ0n) is 7.31. The van der Waals surface area contributed by atoms with E-state index in [9.17, 15) is 4.79 Å². The van der Waals surface area contributed by atoms with Gasteiger partial charge in [0.25, 0.3) is 0 Å². The summed E-state index contributed by atoms with van der Waals surface area (Å²) in [4.78, 5) is 11.5. The molecule has 0 aliphatic carbocycles. The smallest absolute Gasteiger partial charge is 0.154 e. The summed E-state index contributed by atoms with van der Waals surface area (Å²) in [6, 6.07) is 0. The Morgan fingerprint density at radius 3 is 3.00 bits per heavy atom. The van der Waals surface area contributed by atoms with Gasteiger partial charge in [-0.1, -0.05) is 6.08 Å². The minimum atomic E-state index is -0.500. The molecule has 1 aliphatic heterocycles. The first-order chi connectivity index (χ1) is 5.75. The summed E-state index contributed by atoms with van der Waals surface area (Å²) in [6.45, 7) is 4.89. The number of Topliss-reactive ketones (excluding diaryl/α,β-unsaturated/α-hetero) is 1. The number of rotatable bonds is 3. The summed E-state index contributed by atoms with van der Waals surface area (Å²) >= 11 is 0. The number of nitrogens with one attached hydrogen (secondary N) is 1. The standard InChI is InChI=1S/C9H16N2O/c1-2-5-9(7-10)8(12)4-3-6-11-9/h2,11H,1,3-7,10H2/t9-/m1/s1. The fourth-order valence-electron chi connectivity index (χ4n) is 1.62. The van der Waals surface area contributed by atoms with E-state index >= 15 is 0 Å². The number of carbonyl (C=O) groups is 1. The van der Waals surface area contributed by atoms with Gasteiger partial charge in [0, 0.05) is 13.0 Å². The number of ketones is 1. The Labute approximate surface area is 73.0 Å². The molecule has 0 radical (unpaired) electrons. The predicted molar refractivity (Wildman–Crippen MR) is 48.8 cm³/mol. The second-order valence-electron chi connectivity index (χ2n) is 3.23. The highest BCUT2D eigenvalue weighted by atomic mass is 16.1. The number of nitrogens with two attached hydrogens (primary N) is 1. The average molecular weight is 168 g/mol. The summed E-state index contributed by atoms with van der Waals surface area (Å²) in [6.07, 6.45) is 3.97. The first-order valence-corrected chi connectivity index (χ1v) is 4.34. The number of piperidine rings is 1. The van der Waals surface area contributed by atoms with Gasteiger partial charge in [0.2, 0.25) is 0 Å². The van der Waals surface area contributed by atoms with Gasteiger partial charge in [-0.3, -0.25) is 4.79 Å². The van der Waals surface area contributed by atoms with Crippen LogP contribution >= 0.6 is 0 Å². The molecule has 0 aromatic rings. The van der Waals surface area contributed by atoms with Crippen molar-refractivity contribution in [3.8, 4) is 0 Å². The Balaban J connectivity index is 2.73. The van der Waals surface area contributed by atoms with Crippen molar-refractivity contribution in [2.24, 2.45) is 5.73 Å². The minimum Gasteiger partial charge on any atom is -0.328 e. The quantitative estimate of drug-likeness (QED) is 0.592. The molecule has 0 unspecified atom stereocenters. The Morgan fingerprint density at radius 2 is 2.50 bits per heavy atom. The van der Waals surface area contributed by atoms with Crippen molar-refractivity contribution in [3.63, 3.8) is 0 Å². The van der Waals surface area contributed by atoms with Gasteiger partial charge in [-0.25, -0.2) is 0 Å². The first kappa shape index (κ1) is 9.42. The van der Waals surface area contributed by atoms with Crippen molar-refractivity contribution in [3.05, 3.63) is 12.7 Å². The Kier molecular flexibility index (Phi) is 3.00. The molecule has 1 heterocycles. The van der Waals surface area contributed by atoms with E-state index in [2.05, 4.69) is 11.9 Å². The van der Waals surface area contributed by atoms with E-state index in [1.54, 1.807) is 6.08 Å². The van der Waals surface area contributed by atoms with E-state index in [0.717, 1.165) is 13.0 Å². The van der Waals surface area contributed by atoms with E-state index in [-0.39, 0.29) is 5.78 Å². The summed E-state index contributed by atoms with van der Waals surface area (Å²) < 4.78 is 0. The fourth-order valence-corrected chi connectivity index (χ4v) is 1.62. The first-order valence-electron chi connectivity index (χ1n) is 4.34. The van der Waals surface area contributed by atoms with Crippen LogP contribution in [0.15, 0.2) is 12.7 Å². The molecule has 0 amide bonds. The lowest BCUT2D eigenvalue weighted by molar-refractivity contribution is -0.126. The zero-order chi connectivity index (χ0) is 9.03. The molecule has 12 heavy (non-hydrogen) atoms. The van der Waals surface area contributed by atoms with Crippen molar-refractivity contribution >= 4 is 5.78 Å². The molecule has 3 heteroatoms. The average Bonchev–Trinajstić information content (AvgIpc) is 2.10. The third kappa shape index (κ3) is 1.57. The van der Waals surface area contributed by atoms with Crippen molar-refractivity contribution < 1.29 is 4.79 Å². The Morgan fingerprint density at radius 1 is 1.75 bits per heavy atom. The van der Waals surface area contributed by atoms with Crippen LogP contribution in [0.1, 0.15) is 19.3 Å². The molecular weight excluding hydrogens is 152 g/mol. The molecule has 1 fully saturated rings. The molecule has 1 saturated heterocycles. The summed E-state index contributed by atoms with van der Waals surface area (Å²) in [5.74, 6) is 0.233. The molecule has 3 nitrogen and oxygen atoms in total. The van der Waals surface area contributed by atoms with Gasteiger partial charge in [-0.2, -0.15) is 0 Å². The molecule has 1 aliphatic rings. The molecular formula is C9H16N2O. The van der Waals surface area contributed by atoms with Crippen LogP contribution in [0.25, 0.3) is 0 Å². The number of hydrogen-bond donors (Lipinski definition) is 2. The lowest BCUT2D eigenvalue weighted by atomic mass is 9.84. The summed E-state index contributed by atoms with van der Waals surface area (Å²) in [5.41, 5.74) is 5.08. The van der Waals surface area contributed by atoms with Crippen LogP contribution in [0.2, 0.25) is 0 Å². The van der Waals surface area contributed by atoms with E-state index in [1.807, 2.05) is 0 Å². The maximum atomic E-state index is 11.5. The molecule has 0 spiro atoms. The van der Waals surface area contributed by atoms with Gasteiger partial charge in [0.05, 0.1) is 5.54 Å². The maximum Gasteiger partial charge on any atom is 0.154 e. The normalized spacial score (nSPS) is 30.2. The second kappa shape index (κ2) is 3.83. The van der Waals surface area contributed by atoms with Gasteiger partial charge in [-0.05, 0) is 19.4 Å². The van der Waals surface area contributed by atoms with Gasteiger partial charge < -0.3 is 11.1 Å². The monoisotopic (exact) mass is 168 g/mol. The minimum absolute atomic E-state index is 0.233. The van der Waals surface area contributed by atoms with E-state index in [1.165, 1.54) is 0 Å². The highest BCUT2D eigenvalue weighted by Crippen LogP contribution is 2.18. The molecule has 0 bridgehead atoms. The third-order valence-corrected chi connectivity index (χ3v) is 2.42. The lowest BCUT2D eigenvalue weighted by Gasteiger charge is -2.34. The van der Waals surface area contributed by atoms with Crippen LogP contribution < -0.4 is 11.1 Å². The molecule has 1 atom stereocenters. The van der Waals surface area contributed by atoms with Crippen molar-refractivity contribution in [2.75, 3.05) is 13.1 Å². The van der Waals surface area contributed by atoms with E-state index < -0.39 is 5.54 Å². The van der Waals surface area contributed by atoms with Gasteiger partial charge in [0.15, 0.2) is 5.78 Å². The predicted octanol–water partition coefficient (Wildman–Crippen LogP) is 0.212. The Bertz CT molecular complexity index is 191. The summed E-state index contributed by atoms with van der Waals surface area (Å²) in [5, 5.41) is 3.19. The van der Waals surface area contributed by atoms with E-state index in [0.29, 0.717) is 19.4 Å². The van der Waals surface area contributed by atoms with Gasteiger partial charge in [0.1, 0.15) is 0 Å². The van der Waals surface area contributed by atoms with Crippen molar-refractivity contribution in [2.45, 2.75) is 24.8 Å². The Hall–Kier alpha value is -0.670. The van der Waals surface area contributed by atoms with Crippen molar-refractivity contribution in [1.29, 1.82) is 0 Å². The second-order valence-corrected chi connectivity index (χ2v) is 3.23. The molecule has 68 valence electrons. The highest BCUT2D eigenvalue weighted by Gasteiger charge is 2.36. The van der Waals surface area contributed by atoms with Crippen LogP contribution in [0.5, 0.6) is 0 Å². The molecule has 0 aromatic carbocycles. The van der Waals surface area contributed by atoms with Gasteiger partial charge in [-0.15, -0.1) is 6.58 Å². The zero-order valence-corrected chi connectivity index (χ0v) is 7.31. The maximum absolute atomic E-state index is 11.5. The van der Waals surface area contributed by atoms with Crippen LogP contribution in [0.3, 0.4) is 0 Å². The van der Waals surface area contributed by atoms with E-state index in [4.69, 9.17) is 5.73 Å². The largest absolute Gasteiger partial charge is 0.328 e. The highest BCUT2D eigenvalue weighted by molar-refractivity contribution is 5.89. The summed E-state index contributed by atoms with van der Waals surface area (Å²) in [7, 11) is 0. The molecule has 0 saturated carbocycles. The van der Waals surface area contributed by atoms with Crippen molar-refractivity contribution in [1.82, 2.24) is 5.32 Å². The fraction of sp³-hybridized carbons (Fsp3) is 0.667. The van der Waals surface area contributed by atoms with Crippen LogP contribution in [-0.4, -0.2) is 24.4 Å². The third-order valence-electron chi connectivity index (χ3n) is 2.42. The SMILES string of the molecule is C=CC[C@]1(CN)NCCCC1=O. The van der Waals surface area contributed by atoms with Crippen LogP contribution in [0.4, 0.5) is 0 Å². The van der Waals surface area contributed by atoms with Crippen LogP contribution in [-0.2, 0) is 4.79 Å². The number of hydrogen-bond acceptors (Lipinski definition) is 3. The van der Waals surface area contributed by atoms with Gasteiger partial charge >= 0.3 is 0 Å². The molecule has 0 aromatic heterocycles. The lowest BCUT2D eigenvalue weighted by Crippen LogP contribution is -2.59.